The van der Waals surface area contributed by atoms with E-state index in [1.54, 1.807) is 0 Å². The first kappa shape index (κ1) is 65.7. The molecule has 0 saturated carbocycles. The summed E-state index contributed by atoms with van der Waals surface area (Å²) in [6.07, 6.45) is 69.1. The zero-order valence-corrected chi connectivity index (χ0v) is 45.7. The standard InChI is InChI=1S/C59H107N2O6P/c1-6-8-10-12-14-16-18-20-22-24-26-27-28-29-30-31-32-33-35-37-39-41-43-45-47-49-51-53-59(63)60-57(56-67-68(64,65)66-55-54-61(3,4)5)58(62)52-50-48-46-44-42-40-38-36-34-25-23-21-19-17-15-13-11-9-7-2/h8,10,14,16,20,22,26-27,29-30,32-33,37,39,57-58,62H,6-7,9,11-13,15,17-19,21,23-25,28,31,34-36,38,40-56H2,1-5H3,(H-,60,63,64,65)/p+1/b10-8-,16-14-,22-20-,27-26-,30-29-,33-32-,39-37-. The Hall–Kier alpha value is -2.32. The van der Waals surface area contributed by atoms with Crippen LogP contribution in [0.1, 0.15) is 232 Å². The normalized spacial score (nSPS) is 14.6. The second-order valence-corrected chi connectivity index (χ2v) is 21.4. The van der Waals surface area contributed by atoms with Crippen LogP contribution in [0.25, 0.3) is 0 Å². The maximum Gasteiger partial charge on any atom is 0.472 e. The molecule has 0 aliphatic carbocycles. The minimum atomic E-state index is -4.33. The molecule has 3 N–H and O–H groups in total. The summed E-state index contributed by atoms with van der Waals surface area (Å²) < 4.78 is 23.8. The average molecular weight is 972 g/mol. The molecule has 8 nitrogen and oxygen atoms in total. The third-order valence-corrected chi connectivity index (χ3v) is 13.1. The summed E-state index contributed by atoms with van der Waals surface area (Å²) in [5.41, 5.74) is 0. The van der Waals surface area contributed by atoms with Crippen LogP contribution < -0.4 is 5.32 Å². The van der Waals surface area contributed by atoms with Crippen LogP contribution in [0, 0.1) is 0 Å². The highest BCUT2D eigenvalue weighted by Gasteiger charge is 2.28. The molecule has 1 amide bonds. The molecule has 0 rings (SSSR count). The minimum Gasteiger partial charge on any atom is -0.391 e. The van der Waals surface area contributed by atoms with E-state index in [2.05, 4.69) is 104 Å². The molecular formula is C59H108N2O6P+. The van der Waals surface area contributed by atoms with Crippen molar-refractivity contribution in [1.29, 1.82) is 0 Å². The molecule has 9 heteroatoms. The number of nitrogens with one attached hydrogen (secondary N) is 1. The van der Waals surface area contributed by atoms with Gasteiger partial charge in [0.25, 0.3) is 0 Å². The molecule has 0 aliphatic heterocycles. The van der Waals surface area contributed by atoms with Crippen LogP contribution in [0.2, 0.25) is 0 Å². The predicted octanol–water partition coefficient (Wildman–Crippen LogP) is 16.9. The lowest BCUT2D eigenvalue weighted by Crippen LogP contribution is -2.46. The van der Waals surface area contributed by atoms with Crippen molar-refractivity contribution in [3.8, 4) is 0 Å². The number of carbonyl (C=O) groups is 1. The van der Waals surface area contributed by atoms with Gasteiger partial charge >= 0.3 is 7.82 Å². The Bertz CT molecular complexity index is 1380. The van der Waals surface area contributed by atoms with Gasteiger partial charge < -0.3 is 19.8 Å². The fourth-order valence-corrected chi connectivity index (χ4v) is 8.53. The lowest BCUT2D eigenvalue weighted by molar-refractivity contribution is -0.870. The SMILES string of the molecule is CC/C=C\C/C=C\C/C=C\C/C=C\C/C=C\C/C=C\C/C=C\CCCCCCCC(=O)NC(COP(=O)(O)OCC[N+](C)(C)C)C(O)CCCCCCCCCCCCCCCCCCCCC. The topological polar surface area (TPSA) is 105 Å². The highest BCUT2D eigenvalue weighted by Crippen LogP contribution is 2.43. The van der Waals surface area contributed by atoms with Gasteiger partial charge in [0.2, 0.25) is 5.91 Å². The molecule has 0 aromatic carbocycles. The largest absolute Gasteiger partial charge is 0.472 e. The molecule has 0 radical (unpaired) electrons. The van der Waals surface area contributed by atoms with Crippen LogP contribution in [0.15, 0.2) is 85.1 Å². The van der Waals surface area contributed by atoms with Crippen molar-refractivity contribution in [2.75, 3.05) is 40.9 Å². The molecule has 0 saturated heterocycles. The van der Waals surface area contributed by atoms with E-state index in [9.17, 15) is 19.4 Å². The average Bonchev–Trinajstić information content (AvgIpc) is 3.30. The number of quaternary nitrogens is 1. The Morgan fingerprint density at radius 1 is 0.515 bits per heavy atom. The number of aliphatic hydroxyl groups excluding tert-OH is 1. The first-order valence-corrected chi connectivity index (χ1v) is 29.4. The molecule has 0 fully saturated rings. The third-order valence-electron chi connectivity index (χ3n) is 12.2. The maximum absolute atomic E-state index is 13.0. The summed E-state index contributed by atoms with van der Waals surface area (Å²) >= 11 is 0. The van der Waals surface area contributed by atoms with E-state index in [-0.39, 0.29) is 19.1 Å². The smallest absolute Gasteiger partial charge is 0.391 e. The minimum absolute atomic E-state index is 0.0663. The van der Waals surface area contributed by atoms with Gasteiger partial charge in [-0.3, -0.25) is 13.8 Å². The number of amides is 1. The first-order valence-electron chi connectivity index (χ1n) is 28.0. The van der Waals surface area contributed by atoms with E-state index >= 15 is 0 Å². The number of phosphoric acid groups is 1. The number of rotatable bonds is 50. The van der Waals surface area contributed by atoms with Crippen LogP contribution in [0.5, 0.6) is 0 Å². The third kappa shape index (κ3) is 51.5. The van der Waals surface area contributed by atoms with Crippen molar-refractivity contribution in [2.45, 2.75) is 244 Å². The number of aliphatic hydroxyl groups is 1. The van der Waals surface area contributed by atoms with Crippen LogP contribution in [0.3, 0.4) is 0 Å². The van der Waals surface area contributed by atoms with Gasteiger partial charge in [0.05, 0.1) is 39.9 Å². The Labute approximate surface area is 420 Å². The van der Waals surface area contributed by atoms with E-state index in [0.29, 0.717) is 23.9 Å². The molecule has 0 aromatic rings. The van der Waals surface area contributed by atoms with Crippen molar-refractivity contribution in [2.24, 2.45) is 0 Å². The number of hydrogen-bond acceptors (Lipinski definition) is 5. The Morgan fingerprint density at radius 3 is 1.29 bits per heavy atom. The van der Waals surface area contributed by atoms with Gasteiger partial charge in [0, 0.05) is 6.42 Å². The molecule has 68 heavy (non-hydrogen) atoms. The highest BCUT2D eigenvalue weighted by atomic mass is 31.2. The number of allylic oxidation sites excluding steroid dienone is 14. The van der Waals surface area contributed by atoms with Gasteiger partial charge in [-0.15, -0.1) is 0 Å². The molecule has 394 valence electrons. The van der Waals surface area contributed by atoms with Crippen LogP contribution in [0.4, 0.5) is 0 Å². The van der Waals surface area contributed by atoms with Gasteiger partial charge in [-0.05, 0) is 70.6 Å². The molecule has 0 aromatic heterocycles. The van der Waals surface area contributed by atoms with E-state index in [0.717, 1.165) is 103 Å². The van der Waals surface area contributed by atoms with E-state index in [1.165, 1.54) is 103 Å². The number of phosphoric ester groups is 1. The fourth-order valence-electron chi connectivity index (χ4n) is 7.79. The van der Waals surface area contributed by atoms with Gasteiger partial charge in [-0.25, -0.2) is 4.57 Å². The first-order chi connectivity index (χ1) is 33.0. The monoisotopic (exact) mass is 972 g/mol. The zero-order valence-electron chi connectivity index (χ0n) is 44.8. The van der Waals surface area contributed by atoms with Crippen molar-refractivity contribution < 1.29 is 32.9 Å². The van der Waals surface area contributed by atoms with Gasteiger partial charge in [-0.1, -0.05) is 240 Å². The van der Waals surface area contributed by atoms with Crippen LogP contribution in [-0.2, 0) is 18.4 Å². The molecule has 3 unspecified atom stereocenters. The highest BCUT2D eigenvalue weighted by molar-refractivity contribution is 7.47. The number of nitrogens with zero attached hydrogens (tertiary/aromatic N) is 1. The summed E-state index contributed by atoms with van der Waals surface area (Å²) in [4.78, 5) is 23.3. The fraction of sp³-hybridized carbons (Fsp3) is 0.746. The molecule has 0 bridgehead atoms. The maximum atomic E-state index is 13.0. The summed E-state index contributed by atoms with van der Waals surface area (Å²) in [5, 5.41) is 14.0. The Balaban J connectivity index is 4.28. The zero-order chi connectivity index (χ0) is 49.9. The molecule has 0 heterocycles. The van der Waals surface area contributed by atoms with Crippen LogP contribution >= 0.6 is 7.82 Å². The Morgan fingerprint density at radius 2 is 0.882 bits per heavy atom. The number of likely N-dealkylation sites (N-methyl/N-ethyl adjacent to an activating group) is 1. The number of unbranched alkanes of at least 4 members (excludes halogenated alkanes) is 23. The van der Waals surface area contributed by atoms with E-state index < -0.39 is 20.0 Å². The van der Waals surface area contributed by atoms with E-state index in [4.69, 9.17) is 9.05 Å². The van der Waals surface area contributed by atoms with E-state index in [1.807, 2.05) is 21.1 Å². The second kappa shape index (κ2) is 49.7. The van der Waals surface area contributed by atoms with Gasteiger partial charge in [-0.2, -0.15) is 0 Å². The molecule has 0 aliphatic rings. The summed E-state index contributed by atoms with van der Waals surface area (Å²) in [5.74, 6) is -0.165. The summed E-state index contributed by atoms with van der Waals surface area (Å²) in [6, 6.07) is -0.778. The quantitative estimate of drug-likeness (QED) is 0.0243. The second-order valence-electron chi connectivity index (χ2n) is 19.9. The van der Waals surface area contributed by atoms with Crippen molar-refractivity contribution >= 4 is 13.7 Å². The lowest BCUT2D eigenvalue weighted by Gasteiger charge is -2.26. The van der Waals surface area contributed by atoms with Crippen molar-refractivity contribution in [3.05, 3.63) is 85.1 Å². The van der Waals surface area contributed by atoms with Crippen molar-refractivity contribution in [3.63, 3.8) is 0 Å². The van der Waals surface area contributed by atoms with Crippen molar-refractivity contribution in [1.82, 2.24) is 5.32 Å². The number of carbonyl (C=O) groups excluding carboxylic acids is 1. The lowest BCUT2D eigenvalue weighted by atomic mass is 10.0. The molecule has 0 spiro atoms. The van der Waals surface area contributed by atoms with Crippen LogP contribution in [-0.4, -0.2) is 73.4 Å². The predicted molar refractivity (Wildman–Crippen MR) is 295 cm³/mol. The Kier molecular flexibility index (Phi) is 48.0. The molecule has 3 atom stereocenters. The van der Waals surface area contributed by atoms with Gasteiger partial charge in [0.15, 0.2) is 0 Å². The summed E-state index contributed by atoms with van der Waals surface area (Å²) in [6.45, 7) is 4.77. The summed E-state index contributed by atoms with van der Waals surface area (Å²) in [7, 11) is 1.59. The number of hydrogen-bond donors (Lipinski definition) is 3. The molecular weight excluding hydrogens is 864 g/mol. The van der Waals surface area contributed by atoms with Gasteiger partial charge in [0.1, 0.15) is 13.2 Å².